The minimum atomic E-state index is -1.48. The van der Waals surface area contributed by atoms with Crippen molar-refractivity contribution in [1.82, 2.24) is 10.6 Å². The van der Waals surface area contributed by atoms with Crippen LogP contribution in [0.1, 0.15) is 44.1 Å². The molecule has 5 N–H and O–H groups in total. The highest BCUT2D eigenvalue weighted by atomic mass is 16.5. The summed E-state index contributed by atoms with van der Waals surface area (Å²) in [5, 5.41) is 31.3. The molecule has 0 aliphatic heterocycles. The summed E-state index contributed by atoms with van der Waals surface area (Å²) in [6.45, 7) is 0.684. The van der Waals surface area contributed by atoms with Gasteiger partial charge in [0.05, 0.1) is 6.61 Å². The van der Waals surface area contributed by atoms with Gasteiger partial charge in [-0.05, 0) is 24.8 Å². The fourth-order valence-corrected chi connectivity index (χ4v) is 2.70. The van der Waals surface area contributed by atoms with Crippen molar-refractivity contribution in [3.05, 3.63) is 35.9 Å². The summed E-state index contributed by atoms with van der Waals surface area (Å²) in [4.78, 5) is 57.4. The van der Waals surface area contributed by atoms with Crippen molar-refractivity contribution >= 4 is 29.7 Å². The van der Waals surface area contributed by atoms with Gasteiger partial charge in [0.25, 0.3) is 0 Å². The summed E-state index contributed by atoms with van der Waals surface area (Å²) < 4.78 is 5.48. The number of carboxylic acid groups (broad SMARTS) is 3. The second-order valence-electron chi connectivity index (χ2n) is 7.03. The number of benzene rings is 1. The monoisotopic (exact) mass is 452 g/mol. The molecule has 0 aliphatic carbocycles. The Hall–Kier alpha value is -3.47. The molecule has 0 saturated heterocycles. The molecule has 0 fully saturated rings. The maximum Gasteiger partial charge on any atom is 0.326 e. The second-order valence-corrected chi connectivity index (χ2v) is 7.03. The molecule has 2 atom stereocenters. The lowest BCUT2D eigenvalue weighted by molar-refractivity contribution is -0.144. The van der Waals surface area contributed by atoms with E-state index in [0.717, 1.165) is 5.56 Å². The van der Waals surface area contributed by atoms with Gasteiger partial charge in [-0.1, -0.05) is 30.3 Å². The Morgan fingerprint density at radius 2 is 1.41 bits per heavy atom. The van der Waals surface area contributed by atoms with Gasteiger partial charge in [0.2, 0.25) is 11.8 Å². The lowest BCUT2D eigenvalue weighted by Crippen LogP contribution is -2.51. The van der Waals surface area contributed by atoms with Crippen LogP contribution in [0.15, 0.2) is 30.3 Å². The van der Waals surface area contributed by atoms with Crippen molar-refractivity contribution < 1.29 is 44.0 Å². The van der Waals surface area contributed by atoms with Crippen molar-refractivity contribution in [3.8, 4) is 0 Å². The molecule has 0 aromatic heterocycles. The molecule has 1 aromatic rings. The van der Waals surface area contributed by atoms with Gasteiger partial charge in [0.1, 0.15) is 12.1 Å². The first-order chi connectivity index (χ1) is 15.2. The highest BCUT2D eigenvalue weighted by Gasteiger charge is 2.27. The van der Waals surface area contributed by atoms with E-state index in [1.807, 2.05) is 30.3 Å². The molecular formula is C21H28N2O9. The Labute approximate surface area is 184 Å². The molecule has 176 valence electrons. The van der Waals surface area contributed by atoms with Gasteiger partial charge in [-0.25, -0.2) is 4.79 Å². The molecule has 2 amide bonds. The third-order valence-electron chi connectivity index (χ3n) is 4.36. The van der Waals surface area contributed by atoms with E-state index in [4.69, 9.17) is 20.1 Å². The molecule has 1 aromatic carbocycles. The zero-order valence-electron chi connectivity index (χ0n) is 17.5. The van der Waals surface area contributed by atoms with Crippen LogP contribution in [0.25, 0.3) is 0 Å². The molecular weight excluding hydrogens is 424 g/mol. The van der Waals surface area contributed by atoms with Crippen LogP contribution in [0.4, 0.5) is 0 Å². The fraction of sp³-hybridized carbons (Fsp3) is 0.476. The van der Waals surface area contributed by atoms with Crippen LogP contribution in [0.2, 0.25) is 0 Å². The highest BCUT2D eigenvalue weighted by Crippen LogP contribution is 2.05. The third-order valence-corrected chi connectivity index (χ3v) is 4.36. The zero-order chi connectivity index (χ0) is 23.9. The van der Waals surface area contributed by atoms with Crippen LogP contribution in [-0.2, 0) is 35.3 Å². The number of rotatable bonds is 16. The first-order valence-corrected chi connectivity index (χ1v) is 10.1. The number of carbonyl (C=O) groups is 5. The third kappa shape index (κ3) is 11.6. The van der Waals surface area contributed by atoms with E-state index < -0.39 is 54.6 Å². The van der Waals surface area contributed by atoms with Crippen molar-refractivity contribution in [1.29, 1.82) is 0 Å². The first kappa shape index (κ1) is 26.6. The predicted molar refractivity (Wildman–Crippen MR) is 111 cm³/mol. The molecule has 32 heavy (non-hydrogen) atoms. The Bertz CT molecular complexity index is 783. The first-order valence-electron chi connectivity index (χ1n) is 10.1. The number of hydrogen-bond acceptors (Lipinski definition) is 6. The van der Waals surface area contributed by atoms with E-state index in [9.17, 15) is 24.0 Å². The van der Waals surface area contributed by atoms with Gasteiger partial charge in [-0.15, -0.1) is 0 Å². The molecule has 0 aliphatic rings. The Balaban J connectivity index is 2.53. The van der Waals surface area contributed by atoms with Gasteiger partial charge in [-0.2, -0.15) is 0 Å². The minimum absolute atomic E-state index is 0.0208. The zero-order valence-corrected chi connectivity index (χ0v) is 17.5. The fourth-order valence-electron chi connectivity index (χ4n) is 2.70. The van der Waals surface area contributed by atoms with Crippen molar-refractivity contribution in [3.63, 3.8) is 0 Å². The summed E-state index contributed by atoms with van der Waals surface area (Å²) in [7, 11) is 0. The van der Waals surface area contributed by atoms with Crippen molar-refractivity contribution in [2.24, 2.45) is 0 Å². The SMILES string of the molecule is O=C(O)CC[C@H](NC(=O)[C@H](CCC(=O)O)NC(=O)CCCOCc1ccccc1)C(=O)O. The normalized spacial score (nSPS) is 12.4. The number of carbonyl (C=O) groups excluding carboxylic acids is 2. The number of carboxylic acids is 3. The number of aliphatic carboxylic acids is 3. The minimum Gasteiger partial charge on any atom is -0.481 e. The Morgan fingerprint density at radius 1 is 0.812 bits per heavy atom. The van der Waals surface area contributed by atoms with Gasteiger partial charge in [-0.3, -0.25) is 19.2 Å². The average Bonchev–Trinajstić information content (AvgIpc) is 2.73. The molecule has 1 rings (SSSR count). The summed E-state index contributed by atoms with van der Waals surface area (Å²) in [6.07, 6.45) is -1.12. The lowest BCUT2D eigenvalue weighted by Gasteiger charge is -2.21. The lowest BCUT2D eigenvalue weighted by atomic mass is 10.1. The van der Waals surface area contributed by atoms with Gasteiger partial charge >= 0.3 is 17.9 Å². The van der Waals surface area contributed by atoms with Crippen molar-refractivity contribution in [2.75, 3.05) is 6.61 Å². The number of hydrogen-bond donors (Lipinski definition) is 5. The second kappa shape index (κ2) is 14.5. The van der Waals surface area contributed by atoms with E-state index in [1.165, 1.54) is 0 Å². The summed E-state index contributed by atoms with van der Waals surface area (Å²) in [5.74, 6) is -5.25. The van der Waals surface area contributed by atoms with Crippen LogP contribution in [0, 0.1) is 0 Å². The Morgan fingerprint density at radius 3 is 1.97 bits per heavy atom. The summed E-state index contributed by atoms with van der Waals surface area (Å²) in [6, 6.07) is 6.70. The molecule has 11 nitrogen and oxygen atoms in total. The highest BCUT2D eigenvalue weighted by molar-refractivity contribution is 5.90. The van der Waals surface area contributed by atoms with Gasteiger partial charge in [0, 0.05) is 25.9 Å². The average molecular weight is 452 g/mol. The molecule has 0 unspecified atom stereocenters. The maximum atomic E-state index is 12.4. The number of nitrogens with one attached hydrogen (secondary N) is 2. The quantitative estimate of drug-likeness (QED) is 0.226. The maximum absolute atomic E-state index is 12.4. The molecule has 0 saturated carbocycles. The van der Waals surface area contributed by atoms with Crippen molar-refractivity contribution in [2.45, 2.75) is 57.2 Å². The number of ether oxygens (including phenoxy) is 1. The smallest absolute Gasteiger partial charge is 0.326 e. The Kier molecular flexibility index (Phi) is 12.1. The topological polar surface area (TPSA) is 179 Å². The molecule has 0 heterocycles. The van der Waals surface area contributed by atoms with Gasteiger partial charge < -0.3 is 30.7 Å². The van der Waals surface area contributed by atoms with Crippen LogP contribution in [0.3, 0.4) is 0 Å². The predicted octanol–water partition coefficient (Wildman–Crippen LogP) is 0.767. The largest absolute Gasteiger partial charge is 0.481 e. The molecule has 0 bridgehead atoms. The molecule has 0 spiro atoms. The van der Waals surface area contributed by atoms with E-state index in [-0.39, 0.29) is 19.3 Å². The van der Waals surface area contributed by atoms with E-state index >= 15 is 0 Å². The number of amides is 2. The summed E-state index contributed by atoms with van der Waals surface area (Å²) in [5.41, 5.74) is 0.984. The van der Waals surface area contributed by atoms with Crippen LogP contribution >= 0.6 is 0 Å². The molecule has 11 heteroatoms. The van der Waals surface area contributed by atoms with Crippen LogP contribution in [0.5, 0.6) is 0 Å². The summed E-state index contributed by atoms with van der Waals surface area (Å²) >= 11 is 0. The standard InChI is InChI=1S/C21H28N2O9/c24-17(7-4-12-32-13-14-5-2-1-3-6-14)22-15(8-10-18(25)26)20(29)23-16(21(30)31)9-11-19(27)28/h1-3,5-6,15-16H,4,7-13H2,(H,22,24)(H,23,29)(H,25,26)(H,27,28)(H,30,31)/t15-,16-/m0/s1. The van der Waals surface area contributed by atoms with E-state index in [2.05, 4.69) is 10.6 Å². The van der Waals surface area contributed by atoms with Crippen LogP contribution in [-0.4, -0.2) is 63.7 Å². The van der Waals surface area contributed by atoms with E-state index in [0.29, 0.717) is 19.6 Å². The van der Waals surface area contributed by atoms with Crippen LogP contribution < -0.4 is 10.6 Å². The molecule has 0 radical (unpaired) electrons. The van der Waals surface area contributed by atoms with E-state index in [1.54, 1.807) is 0 Å². The van der Waals surface area contributed by atoms with Gasteiger partial charge in [0.15, 0.2) is 0 Å².